The van der Waals surface area contributed by atoms with Gasteiger partial charge in [-0.2, -0.15) is 0 Å². The summed E-state index contributed by atoms with van der Waals surface area (Å²) in [5.41, 5.74) is 3.76. The largest absolute Gasteiger partial charge is 0.356 e. The van der Waals surface area contributed by atoms with E-state index < -0.39 is 4.92 Å². The van der Waals surface area contributed by atoms with Crippen LogP contribution in [0.4, 0.5) is 5.69 Å². The maximum absolute atomic E-state index is 12.9. The van der Waals surface area contributed by atoms with E-state index >= 15 is 0 Å². The SMILES string of the molecule is CC(C)CCCC(C)[C@H]1CCC2C3CC=C4C[C@@H](NC(=O)CCNC(=O)CCCCCCc5ccc([N+](=O)[O-])c6nonc56)CC[C@]4(C)C3CC[C@@]21C. The molecule has 53 heavy (non-hydrogen) atoms. The number of non-ortho nitro benzene ring substituents is 1. The second-order valence-electron chi connectivity index (χ2n) is 18.3. The highest BCUT2D eigenvalue weighted by molar-refractivity contribution is 5.85. The molecule has 1 aromatic carbocycles. The predicted octanol–water partition coefficient (Wildman–Crippen LogP) is 9.66. The highest BCUT2D eigenvalue weighted by Crippen LogP contribution is 2.67. The Morgan fingerprint density at radius 3 is 2.51 bits per heavy atom. The fraction of sp³-hybridized carbons (Fsp3) is 0.767. The summed E-state index contributed by atoms with van der Waals surface area (Å²) in [7, 11) is 0. The molecule has 8 atom stereocenters. The van der Waals surface area contributed by atoms with Gasteiger partial charge in [-0.3, -0.25) is 19.7 Å². The van der Waals surface area contributed by atoms with Gasteiger partial charge in [-0.1, -0.05) is 78.4 Å². The molecule has 10 heteroatoms. The van der Waals surface area contributed by atoms with Gasteiger partial charge in [0.05, 0.1) is 4.92 Å². The minimum atomic E-state index is -0.482. The Bertz CT molecular complexity index is 1640. The monoisotopic (exact) mass is 731 g/mol. The van der Waals surface area contributed by atoms with Crippen molar-refractivity contribution in [2.75, 3.05) is 6.54 Å². The van der Waals surface area contributed by atoms with E-state index in [1.807, 2.05) is 0 Å². The van der Waals surface area contributed by atoms with E-state index in [2.05, 4.69) is 61.6 Å². The number of allylic oxidation sites excluding steroid dienone is 1. The molecule has 0 spiro atoms. The van der Waals surface area contributed by atoms with Gasteiger partial charge in [0.2, 0.25) is 17.3 Å². The minimum Gasteiger partial charge on any atom is -0.356 e. The molecule has 2 aromatic rings. The first-order chi connectivity index (χ1) is 25.4. The number of carbonyl (C=O) groups is 2. The van der Waals surface area contributed by atoms with Crippen molar-refractivity contribution in [2.45, 2.75) is 156 Å². The molecule has 292 valence electrons. The van der Waals surface area contributed by atoms with Crippen LogP contribution < -0.4 is 10.6 Å². The van der Waals surface area contributed by atoms with Crippen molar-refractivity contribution in [3.05, 3.63) is 39.5 Å². The van der Waals surface area contributed by atoms with Gasteiger partial charge < -0.3 is 10.6 Å². The van der Waals surface area contributed by atoms with Crippen LogP contribution in [0.15, 0.2) is 28.4 Å². The molecule has 4 aliphatic rings. The number of hydrogen-bond donors (Lipinski definition) is 2. The normalized spacial score (nSPS) is 29.9. The lowest BCUT2D eigenvalue weighted by atomic mass is 9.47. The molecule has 1 heterocycles. The molecule has 2 amide bonds. The summed E-state index contributed by atoms with van der Waals surface area (Å²) in [5.74, 6) is 5.00. The first-order valence-electron chi connectivity index (χ1n) is 21.0. The standard InChI is InChI=1S/C43H65N5O5/c1-28(2)11-10-12-29(3)34-18-19-35-33-17-16-31-27-32(21-24-42(31,4)36(33)22-25-43(34,35)5)45-39(50)23-26-44-38(49)14-9-7-6-8-13-30-15-20-37(48(51)52)41-40(30)46-53-47-41/h15-16,20,28-29,32-36H,6-14,17-19,21-27H2,1-5H3,(H,44,49)(H,45,50)/t29?,32-,33?,34+,35?,36?,42-,43+/m0/s1. The first-order valence-corrected chi connectivity index (χ1v) is 21.0. The highest BCUT2D eigenvalue weighted by Gasteiger charge is 2.59. The molecule has 3 fully saturated rings. The lowest BCUT2D eigenvalue weighted by Crippen LogP contribution is -2.52. The quantitative estimate of drug-likeness (QED) is 0.0715. The summed E-state index contributed by atoms with van der Waals surface area (Å²) >= 11 is 0. The topological polar surface area (TPSA) is 140 Å². The van der Waals surface area contributed by atoms with Gasteiger partial charge in [-0.05, 0) is 139 Å². The van der Waals surface area contributed by atoms with Gasteiger partial charge in [0.25, 0.3) is 0 Å². The van der Waals surface area contributed by atoms with Crippen LogP contribution in [-0.2, 0) is 16.0 Å². The van der Waals surface area contributed by atoms with Crippen molar-refractivity contribution in [1.29, 1.82) is 0 Å². The molecule has 0 saturated heterocycles. The van der Waals surface area contributed by atoms with E-state index in [1.54, 1.807) is 11.6 Å². The van der Waals surface area contributed by atoms with Crippen LogP contribution >= 0.6 is 0 Å². The number of hydrogen-bond acceptors (Lipinski definition) is 7. The Balaban J connectivity index is 0.878. The fourth-order valence-electron chi connectivity index (χ4n) is 11.7. The number of nitro benzene ring substituents is 1. The molecule has 2 N–H and O–H groups in total. The van der Waals surface area contributed by atoms with Crippen molar-refractivity contribution in [3.8, 4) is 0 Å². The molecule has 0 radical (unpaired) electrons. The van der Waals surface area contributed by atoms with Crippen LogP contribution in [0, 0.1) is 56.5 Å². The smallest absolute Gasteiger partial charge is 0.300 e. The van der Waals surface area contributed by atoms with Crippen LogP contribution in [-0.4, -0.2) is 39.6 Å². The van der Waals surface area contributed by atoms with Crippen molar-refractivity contribution in [2.24, 2.45) is 46.3 Å². The highest BCUT2D eigenvalue weighted by atomic mass is 16.6. The van der Waals surface area contributed by atoms with Crippen molar-refractivity contribution >= 4 is 28.5 Å². The number of nitrogens with one attached hydrogen (secondary N) is 2. The van der Waals surface area contributed by atoms with E-state index in [1.165, 1.54) is 57.4 Å². The Labute approximate surface area is 316 Å². The Morgan fingerprint density at radius 1 is 0.925 bits per heavy atom. The van der Waals surface area contributed by atoms with Crippen LogP contribution in [0.1, 0.15) is 149 Å². The number of nitro groups is 1. The van der Waals surface area contributed by atoms with E-state index in [9.17, 15) is 19.7 Å². The summed E-state index contributed by atoms with van der Waals surface area (Å²) < 4.78 is 4.75. The Kier molecular flexibility index (Phi) is 12.6. The van der Waals surface area contributed by atoms with Gasteiger partial charge in [0, 0.05) is 31.5 Å². The number of aryl methyl sites for hydroxylation is 1. The molecular formula is C43H65N5O5. The Hall–Kier alpha value is -3.30. The van der Waals surface area contributed by atoms with Crippen LogP contribution in [0.2, 0.25) is 0 Å². The molecule has 4 aliphatic carbocycles. The third kappa shape index (κ3) is 8.67. The van der Waals surface area contributed by atoms with E-state index in [4.69, 9.17) is 4.63 Å². The van der Waals surface area contributed by atoms with Crippen molar-refractivity contribution in [1.82, 2.24) is 20.9 Å². The van der Waals surface area contributed by atoms with Gasteiger partial charge in [0.1, 0.15) is 5.52 Å². The fourth-order valence-corrected chi connectivity index (χ4v) is 11.7. The summed E-state index contributed by atoms with van der Waals surface area (Å²) in [6, 6.07) is 3.35. The molecule has 0 bridgehead atoms. The molecule has 3 saturated carbocycles. The molecular weight excluding hydrogens is 667 g/mol. The minimum absolute atomic E-state index is 0.0170. The number of nitrogens with zero attached hydrogens (tertiary/aromatic N) is 3. The van der Waals surface area contributed by atoms with Gasteiger partial charge >= 0.3 is 5.69 Å². The van der Waals surface area contributed by atoms with E-state index in [0.717, 1.165) is 86.0 Å². The first kappa shape index (κ1) is 39.4. The average molecular weight is 732 g/mol. The zero-order valence-electron chi connectivity index (χ0n) is 33.1. The molecule has 4 unspecified atom stereocenters. The van der Waals surface area contributed by atoms with Gasteiger partial charge in [-0.25, -0.2) is 4.63 Å². The maximum atomic E-state index is 12.9. The molecule has 10 nitrogen and oxygen atoms in total. The summed E-state index contributed by atoms with van der Waals surface area (Å²) in [6.45, 7) is 12.9. The molecule has 6 rings (SSSR count). The third-order valence-corrected chi connectivity index (χ3v) is 14.6. The Morgan fingerprint density at radius 2 is 1.72 bits per heavy atom. The number of rotatable bonds is 17. The lowest BCUT2D eigenvalue weighted by molar-refractivity contribution is -0.383. The second kappa shape index (κ2) is 17.0. The number of aromatic nitrogens is 2. The molecule has 1 aromatic heterocycles. The molecule has 0 aliphatic heterocycles. The zero-order chi connectivity index (χ0) is 37.8. The van der Waals surface area contributed by atoms with E-state index in [0.29, 0.717) is 36.7 Å². The van der Waals surface area contributed by atoms with Crippen LogP contribution in [0.3, 0.4) is 0 Å². The van der Waals surface area contributed by atoms with Crippen LogP contribution in [0.25, 0.3) is 11.0 Å². The number of fused-ring (bicyclic) bond motifs is 6. The average Bonchev–Trinajstić information content (AvgIpc) is 3.75. The second-order valence-corrected chi connectivity index (χ2v) is 18.3. The third-order valence-electron chi connectivity index (χ3n) is 14.6. The number of benzene rings is 1. The lowest BCUT2D eigenvalue weighted by Gasteiger charge is -2.58. The van der Waals surface area contributed by atoms with Crippen LogP contribution in [0.5, 0.6) is 0 Å². The predicted molar refractivity (Wildman–Crippen MR) is 208 cm³/mol. The summed E-state index contributed by atoms with van der Waals surface area (Å²) in [4.78, 5) is 36.1. The maximum Gasteiger partial charge on any atom is 0.300 e. The number of amides is 2. The van der Waals surface area contributed by atoms with Gasteiger partial charge in [0.15, 0.2) is 0 Å². The van der Waals surface area contributed by atoms with E-state index in [-0.39, 0.29) is 34.5 Å². The summed E-state index contributed by atoms with van der Waals surface area (Å²) in [6.07, 6.45) is 21.7. The number of unbranched alkanes of at least 4 members (excludes halogenated alkanes) is 3. The summed E-state index contributed by atoms with van der Waals surface area (Å²) in [5, 5.41) is 25.0. The zero-order valence-corrected chi connectivity index (χ0v) is 33.1. The van der Waals surface area contributed by atoms with Crippen molar-refractivity contribution in [3.63, 3.8) is 0 Å². The van der Waals surface area contributed by atoms with Gasteiger partial charge in [-0.15, -0.1) is 0 Å². The number of carbonyl (C=O) groups excluding carboxylic acids is 2. The van der Waals surface area contributed by atoms with Crippen molar-refractivity contribution < 1.29 is 19.1 Å².